The predicted octanol–water partition coefficient (Wildman–Crippen LogP) is 1.68. The molecular formula is C8H17N5. The van der Waals surface area contributed by atoms with Gasteiger partial charge in [0.15, 0.2) is 0 Å². The molecule has 0 aromatic rings. The fourth-order valence-electron chi connectivity index (χ4n) is 1.23. The van der Waals surface area contributed by atoms with Gasteiger partial charge in [-0.05, 0) is 12.8 Å². The normalized spacial score (nSPS) is 15.2. The Hall–Kier alpha value is -1.10. The second-order valence-corrected chi connectivity index (χ2v) is 2.91. The maximum absolute atomic E-state index is 3.72. The van der Waals surface area contributed by atoms with E-state index in [1.165, 1.54) is 0 Å². The van der Waals surface area contributed by atoms with Crippen molar-refractivity contribution in [2.24, 2.45) is 10.3 Å². The Morgan fingerprint density at radius 2 is 2.00 bits per heavy atom. The summed E-state index contributed by atoms with van der Waals surface area (Å²) in [6.45, 7) is 6.39. The number of nitrogens with zero attached hydrogens (tertiary/aromatic N) is 4. The Morgan fingerprint density at radius 1 is 1.31 bits per heavy atom. The molecule has 0 spiro atoms. The molecule has 1 rings (SSSR count). The molecule has 0 aromatic heterocycles. The summed E-state index contributed by atoms with van der Waals surface area (Å²) in [5.74, 6) is 0. The van der Waals surface area contributed by atoms with E-state index < -0.39 is 0 Å². The van der Waals surface area contributed by atoms with Crippen LogP contribution < -0.4 is 5.53 Å². The Balaban J connectivity index is 2.43. The van der Waals surface area contributed by atoms with Crippen LogP contribution >= 0.6 is 0 Å². The van der Waals surface area contributed by atoms with E-state index in [9.17, 15) is 0 Å². The second kappa shape index (κ2) is 5.53. The third-order valence-electron chi connectivity index (χ3n) is 1.75. The molecule has 0 unspecified atom stereocenters. The lowest BCUT2D eigenvalue weighted by atomic mass is 10.4. The summed E-state index contributed by atoms with van der Waals surface area (Å²) in [5.41, 5.74) is 2.82. The Kier molecular flexibility index (Phi) is 4.25. The molecule has 0 aliphatic carbocycles. The summed E-state index contributed by atoms with van der Waals surface area (Å²) in [5, 5.41) is 11.5. The highest BCUT2D eigenvalue weighted by molar-refractivity contribution is 4.78. The van der Waals surface area contributed by atoms with Crippen LogP contribution in [0.4, 0.5) is 0 Å². The van der Waals surface area contributed by atoms with Crippen molar-refractivity contribution in [1.82, 2.24) is 15.7 Å². The van der Waals surface area contributed by atoms with Crippen molar-refractivity contribution in [3.05, 3.63) is 12.4 Å². The van der Waals surface area contributed by atoms with Gasteiger partial charge < -0.3 is 0 Å². The first-order valence-electron chi connectivity index (χ1n) is 4.74. The van der Waals surface area contributed by atoms with Gasteiger partial charge in [-0.2, -0.15) is 5.53 Å². The van der Waals surface area contributed by atoms with Crippen molar-refractivity contribution >= 4 is 0 Å². The SMILES string of the molecule is CCCN(CCC)N1C=CN=NN1. The van der Waals surface area contributed by atoms with Gasteiger partial charge in [0.05, 0.1) is 12.4 Å². The molecule has 0 amide bonds. The number of hydrogen-bond acceptors (Lipinski definition) is 5. The Bertz CT molecular complexity index is 183. The lowest BCUT2D eigenvalue weighted by Crippen LogP contribution is -2.46. The summed E-state index contributed by atoms with van der Waals surface area (Å²) in [7, 11) is 0. The fourth-order valence-corrected chi connectivity index (χ4v) is 1.23. The van der Waals surface area contributed by atoms with Gasteiger partial charge in [-0.3, -0.25) is 0 Å². The van der Waals surface area contributed by atoms with Gasteiger partial charge in [-0.15, -0.1) is 5.11 Å². The zero-order chi connectivity index (χ0) is 9.52. The molecule has 0 radical (unpaired) electrons. The van der Waals surface area contributed by atoms with Crippen LogP contribution in [0.3, 0.4) is 0 Å². The molecule has 0 bridgehead atoms. The van der Waals surface area contributed by atoms with E-state index in [0.717, 1.165) is 25.9 Å². The van der Waals surface area contributed by atoms with Gasteiger partial charge in [0, 0.05) is 13.1 Å². The number of rotatable bonds is 5. The van der Waals surface area contributed by atoms with E-state index in [-0.39, 0.29) is 0 Å². The average molecular weight is 183 g/mol. The standard InChI is InChI=1S/C8H17N5/c1-3-6-12(7-4-2)13-8-5-9-10-11-13/h5,8H,3-4,6-7H2,1-2H3,(H,9,11). The number of hydrazine groups is 2. The molecule has 1 N–H and O–H groups in total. The molecule has 0 atom stereocenters. The maximum atomic E-state index is 3.72. The lowest BCUT2D eigenvalue weighted by molar-refractivity contribution is -0.0294. The molecule has 5 nitrogen and oxygen atoms in total. The summed E-state index contributed by atoms with van der Waals surface area (Å²) >= 11 is 0. The summed E-state index contributed by atoms with van der Waals surface area (Å²) < 4.78 is 0. The van der Waals surface area contributed by atoms with E-state index in [2.05, 4.69) is 34.7 Å². The first-order chi connectivity index (χ1) is 6.38. The van der Waals surface area contributed by atoms with Gasteiger partial charge in [-0.25, -0.2) is 10.1 Å². The first kappa shape index (κ1) is 9.98. The molecule has 0 saturated heterocycles. The number of nitrogens with one attached hydrogen (secondary N) is 1. The van der Waals surface area contributed by atoms with Crippen molar-refractivity contribution in [2.75, 3.05) is 13.1 Å². The van der Waals surface area contributed by atoms with E-state index >= 15 is 0 Å². The average Bonchev–Trinajstić information content (AvgIpc) is 2.19. The van der Waals surface area contributed by atoms with Crippen LogP contribution in [-0.4, -0.2) is 23.2 Å². The topological polar surface area (TPSA) is 43.2 Å². The van der Waals surface area contributed by atoms with Gasteiger partial charge >= 0.3 is 0 Å². The third-order valence-corrected chi connectivity index (χ3v) is 1.75. The van der Waals surface area contributed by atoms with Crippen LogP contribution in [0.15, 0.2) is 22.7 Å². The zero-order valence-electron chi connectivity index (χ0n) is 8.27. The van der Waals surface area contributed by atoms with Gasteiger partial charge in [-0.1, -0.05) is 19.1 Å². The van der Waals surface area contributed by atoms with E-state index in [4.69, 9.17) is 0 Å². The van der Waals surface area contributed by atoms with Crippen LogP contribution in [0, 0.1) is 0 Å². The zero-order valence-corrected chi connectivity index (χ0v) is 8.27. The molecule has 74 valence electrons. The van der Waals surface area contributed by atoms with Crippen molar-refractivity contribution in [1.29, 1.82) is 0 Å². The molecule has 13 heavy (non-hydrogen) atoms. The van der Waals surface area contributed by atoms with Crippen LogP contribution in [0.5, 0.6) is 0 Å². The predicted molar refractivity (Wildman–Crippen MR) is 51.1 cm³/mol. The number of hydrogen-bond donors (Lipinski definition) is 1. The van der Waals surface area contributed by atoms with Crippen molar-refractivity contribution < 1.29 is 0 Å². The van der Waals surface area contributed by atoms with Crippen LogP contribution in [0.25, 0.3) is 0 Å². The molecule has 0 aromatic carbocycles. The molecule has 1 aliphatic heterocycles. The van der Waals surface area contributed by atoms with E-state index in [1.807, 2.05) is 11.3 Å². The Morgan fingerprint density at radius 3 is 2.46 bits per heavy atom. The summed E-state index contributed by atoms with van der Waals surface area (Å²) in [6, 6.07) is 0. The van der Waals surface area contributed by atoms with Crippen LogP contribution in [-0.2, 0) is 0 Å². The minimum Gasteiger partial charge on any atom is -0.205 e. The first-order valence-corrected chi connectivity index (χ1v) is 4.74. The minimum atomic E-state index is 1.03. The molecule has 0 saturated carbocycles. The third kappa shape index (κ3) is 3.02. The van der Waals surface area contributed by atoms with Crippen molar-refractivity contribution in [2.45, 2.75) is 26.7 Å². The summed E-state index contributed by atoms with van der Waals surface area (Å²) in [6.07, 6.45) is 5.81. The smallest absolute Gasteiger partial charge is 0.0709 e. The molecular weight excluding hydrogens is 166 g/mol. The highest BCUT2D eigenvalue weighted by Crippen LogP contribution is 2.02. The molecule has 0 fully saturated rings. The highest BCUT2D eigenvalue weighted by atomic mass is 15.9. The van der Waals surface area contributed by atoms with Crippen LogP contribution in [0.1, 0.15) is 26.7 Å². The van der Waals surface area contributed by atoms with E-state index in [1.54, 1.807) is 6.20 Å². The van der Waals surface area contributed by atoms with Crippen LogP contribution in [0.2, 0.25) is 0 Å². The highest BCUT2D eigenvalue weighted by Gasteiger charge is 2.10. The van der Waals surface area contributed by atoms with E-state index in [0.29, 0.717) is 0 Å². The molecule has 5 heteroatoms. The van der Waals surface area contributed by atoms with Gasteiger partial charge in [0.2, 0.25) is 0 Å². The fraction of sp³-hybridized carbons (Fsp3) is 0.750. The minimum absolute atomic E-state index is 1.03. The maximum Gasteiger partial charge on any atom is 0.0709 e. The quantitative estimate of drug-likeness (QED) is 0.705. The molecule has 1 aliphatic rings. The van der Waals surface area contributed by atoms with Crippen molar-refractivity contribution in [3.8, 4) is 0 Å². The Labute approximate surface area is 79.0 Å². The second-order valence-electron chi connectivity index (χ2n) is 2.91. The van der Waals surface area contributed by atoms with Gasteiger partial charge in [0.25, 0.3) is 0 Å². The summed E-state index contributed by atoms with van der Waals surface area (Å²) in [4.78, 5) is 0. The monoisotopic (exact) mass is 183 g/mol. The largest absolute Gasteiger partial charge is 0.205 e. The molecule has 1 heterocycles. The van der Waals surface area contributed by atoms with Crippen molar-refractivity contribution in [3.63, 3.8) is 0 Å². The van der Waals surface area contributed by atoms with Gasteiger partial charge in [0.1, 0.15) is 0 Å². The lowest BCUT2D eigenvalue weighted by Gasteiger charge is -2.32.